The quantitative estimate of drug-likeness (QED) is 0.131. The fourth-order valence-electron chi connectivity index (χ4n) is 9.33. The number of carboxylic acid groups (broad SMARTS) is 1. The molecular formula is C43H48ClN5O6. The summed E-state index contributed by atoms with van der Waals surface area (Å²) >= 11 is 7.26. The number of β-amino-alcohol motifs (C(OH)–C–C–N with tert-alkyl or cyclic N) is 1. The lowest BCUT2D eigenvalue weighted by atomic mass is 9.57. The van der Waals surface area contributed by atoms with Crippen LogP contribution in [0.25, 0.3) is 39.0 Å². The van der Waals surface area contributed by atoms with Gasteiger partial charge in [0.1, 0.15) is 11.5 Å². The average molecular weight is 766 g/mol. The van der Waals surface area contributed by atoms with Gasteiger partial charge < -0.3 is 24.4 Å². The number of nitrogens with zero attached hydrogens (tertiary/aromatic N) is 5. The van der Waals surface area contributed by atoms with Crippen LogP contribution in [0.5, 0.6) is 17.4 Å². The zero-order chi connectivity index (χ0) is 38.7. The molecule has 0 unspecified atom stereocenters. The van der Waals surface area contributed by atoms with Crippen LogP contribution in [0.2, 0.25) is 5.02 Å². The third kappa shape index (κ3) is 6.50. The van der Waals surface area contributed by atoms with Gasteiger partial charge in [0.25, 0.3) is 0 Å². The molecule has 4 aliphatic rings. The molecule has 5 aromatic rings. The Morgan fingerprint density at radius 3 is 2.15 bits per heavy atom. The number of methoxy groups -OCH3 is 3. The SMILES string of the molecule is COc1cc(-n2ncc3c(-c4cccc(-c5ccc(CN(C)C67CCC(C(=O)O)(CC6)CC7)c(OC)n5)c4Cl)cccc32)cc(OC)c1CN1CC(C)(O)C1. The lowest BCUT2D eigenvalue weighted by molar-refractivity contribution is -0.160. The maximum atomic E-state index is 12.0. The summed E-state index contributed by atoms with van der Waals surface area (Å²) in [5.74, 6) is 1.28. The van der Waals surface area contributed by atoms with Crippen LogP contribution in [0.4, 0.5) is 0 Å². The molecule has 55 heavy (non-hydrogen) atoms. The minimum atomic E-state index is -0.674. The lowest BCUT2D eigenvalue weighted by Crippen LogP contribution is -2.59. The molecule has 3 heterocycles. The molecule has 3 aromatic carbocycles. The number of aliphatic carboxylic acids is 1. The molecule has 3 aliphatic carbocycles. The van der Waals surface area contributed by atoms with Crippen molar-refractivity contribution in [3.8, 4) is 45.5 Å². The number of hydrogen-bond donors (Lipinski definition) is 2. The number of carbonyl (C=O) groups is 1. The van der Waals surface area contributed by atoms with Crippen LogP contribution in [0.1, 0.15) is 56.6 Å². The first-order chi connectivity index (χ1) is 26.4. The van der Waals surface area contributed by atoms with Crippen LogP contribution in [-0.2, 0) is 17.9 Å². The first-order valence-electron chi connectivity index (χ1n) is 18.8. The number of ether oxygens (including phenoxy) is 3. The number of carboxylic acids is 1. The fourth-order valence-corrected chi connectivity index (χ4v) is 9.65. The van der Waals surface area contributed by atoms with Crippen LogP contribution >= 0.6 is 11.6 Å². The number of pyridine rings is 1. The first-order valence-corrected chi connectivity index (χ1v) is 19.2. The molecule has 2 N–H and O–H groups in total. The average Bonchev–Trinajstić information content (AvgIpc) is 3.63. The number of aromatic nitrogens is 3. The predicted molar refractivity (Wildman–Crippen MR) is 212 cm³/mol. The molecule has 288 valence electrons. The molecule has 9 rings (SSSR count). The monoisotopic (exact) mass is 765 g/mol. The maximum absolute atomic E-state index is 12.0. The highest BCUT2D eigenvalue weighted by atomic mass is 35.5. The molecule has 12 heteroatoms. The highest BCUT2D eigenvalue weighted by Gasteiger charge is 2.54. The lowest BCUT2D eigenvalue weighted by Gasteiger charge is -2.55. The van der Waals surface area contributed by atoms with E-state index in [4.69, 9.17) is 35.9 Å². The molecule has 0 radical (unpaired) electrons. The van der Waals surface area contributed by atoms with Crippen molar-refractivity contribution in [2.45, 2.75) is 69.7 Å². The largest absolute Gasteiger partial charge is 0.496 e. The zero-order valence-electron chi connectivity index (χ0n) is 32.1. The molecule has 2 bridgehead atoms. The second-order valence-corrected chi connectivity index (χ2v) is 16.3. The van der Waals surface area contributed by atoms with Crippen molar-refractivity contribution >= 4 is 28.5 Å². The van der Waals surface area contributed by atoms with Gasteiger partial charge >= 0.3 is 5.97 Å². The Morgan fingerprint density at radius 1 is 0.891 bits per heavy atom. The van der Waals surface area contributed by atoms with Gasteiger partial charge in [-0.1, -0.05) is 48.0 Å². The van der Waals surface area contributed by atoms with E-state index in [1.54, 1.807) is 21.3 Å². The van der Waals surface area contributed by atoms with Crippen LogP contribution in [0, 0.1) is 5.41 Å². The predicted octanol–water partition coefficient (Wildman–Crippen LogP) is 7.61. The highest BCUT2D eigenvalue weighted by molar-refractivity contribution is 6.36. The summed E-state index contributed by atoms with van der Waals surface area (Å²) in [6.45, 7) is 4.27. The van der Waals surface area contributed by atoms with Crippen molar-refractivity contribution in [2.75, 3.05) is 41.5 Å². The Bertz CT molecular complexity index is 2230. The van der Waals surface area contributed by atoms with E-state index in [0.717, 1.165) is 82.9 Å². The normalized spacial score (nSPS) is 21.8. The van der Waals surface area contributed by atoms with Crippen LogP contribution in [0.15, 0.2) is 66.9 Å². The fraction of sp³-hybridized carbons (Fsp3) is 0.419. The Morgan fingerprint density at radius 2 is 1.53 bits per heavy atom. The molecule has 0 spiro atoms. The van der Waals surface area contributed by atoms with E-state index in [-0.39, 0.29) is 5.54 Å². The molecule has 1 aliphatic heterocycles. The molecule has 0 amide bonds. The van der Waals surface area contributed by atoms with Crippen molar-refractivity contribution in [3.63, 3.8) is 0 Å². The summed E-state index contributed by atoms with van der Waals surface area (Å²) < 4.78 is 19.4. The minimum absolute atomic E-state index is 0.00712. The number of benzene rings is 3. The zero-order valence-corrected chi connectivity index (χ0v) is 32.8. The smallest absolute Gasteiger partial charge is 0.309 e. The third-order valence-corrected chi connectivity index (χ3v) is 12.9. The molecule has 11 nitrogen and oxygen atoms in total. The van der Waals surface area contributed by atoms with Gasteiger partial charge in [-0.05, 0) is 70.2 Å². The van der Waals surface area contributed by atoms with Gasteiger partial charge in [0, 0.05) is 65.9 Å². The maximum Gasteiger partial charge on any atom is 0.309 e. The Kier molecular flexibility index (Phi) is 9.56. The van der Waals surface area contributed by atoms with E-state index in [0.29, 0.717) is 54.3 Å². The Balaban J connectivity index is 1.07. The van der Waals surface area contributed by atoms with Gasteiger partial charge in [0.05, 0.1) is 66.0 Å². The van der Waals surface area contributed by atoms with E-state index >= 15 is 0 Å². The van der Waals surface area contributed by atoms with Gasteiger partial charge in [-0.25, -0.2) is 9.67 Å². The number of fused-ring (bicyclic) bond motifs is 4. The van der Waals surface area contributed by atoms with Gasteiger partial charge in [-0.3, -0.25) is 14.6 Å². The van der Waals surface area contributed by atoms with Crippen LogP contribution in [-0.4, -0.2) is 93.4 Å². The topological polar surface area (TPSA) is 122 Å². The van der Waals surface area contributed by atoms with Gasteiger partial charge in [-0.15, -0.1) is 0 Å². The summed E-state index contributed by atoms with van der Waals surface area (Å²) in [6, 6.07) is 20.1. The number of rotatable bonds is 12. The molecule has 4 fully saturated rings. The summed E-state index contributed by atoms with van der Waals surface area (Å²) in [5.41, 5.74) is 5.65. The third-order valence-electron chi connectivity index (χ3n) is 12.5. The summed E-state index contributed by atoms with van der Waals surface area (Å²) in [5, 5.41) is 26.5. The summed E-state index contributed by atoms with van der Waals surface area (Å²) in [6.07, 6.45) is 6.70. The minimum Gasteiger partial charge on any atom is -0.496 e. The molecule has 1 saturated heterocycles. The molecule has 0 atom stereocenters. The Hall–Kier alpha value is -4.68. The van der Waals surface area contributed by atoms with Crippen molar-refractivity contribution in [1.82, 2.24) is 24.6 Å². The summed E-state index contributed by atoms with van der Waals surface area (Å²) in [4.78, 5) is 21.5. The Labute approximate surface area is 326 Å². The molecular weight excluding hydrogens is 718 g/mol. The van der Waals surface area contributed by atoms with Crippen molar-refractivity contribution < 1.29 is 29.2 Å². The molecule has 2 aromatic heterocycles. The van der Waals surface area contributed by atoms with E-state index in [1.165, 1.54) is 0 Å². The highest BCUT2D eigenvalue weighted by Crippen LogP contribution is 2.55. The number of likely N-dealkylation sites (tertiary alicyclic amines) is 1. The molecule has 3 saturated carbocycles. The van der Waals surface area contributed by atoms with Crippen molar-refractivity contribution in [1.29, 1.82) is 0 Å². The van der Waals surface area contributed by atoms with Gasteiger partial charge in [0.15, 0.2) is 0 Å². The second kappa shape index (κ2) is 14.1. The van der Waals surface area contributed by atoms with Crippen LogP contribution in [0.3, 0.4) is 0 Å². The second-order valence-electron chi connectivity index (χ2n) is 16.0. The van der Waals surface area contributed by atoms with E-state index in [2.05, 4.69) is 29.0 Å². The van der Waals surface area contributed by atoms with E-state index in [1.807, 2.05) is 66.3 Å². The first kappa shape index (κ1) is 37.3. The van der Waals surface area contributed by atoms with Crippen LogP contribution < -0.4 is 14.2 Å². The van der Waals surface area contributed by atoms with E-state index < -0.39 is 17.0 Å². The van der Waals surface area contributed by atoms with Crippen molar-refractivity contribution in [3.05, 3.63) is 83.0 Å². The summed E-state index contributed by atoms with van der Waals surface area (Å²) in [7, 11) is 7.08. The van der Waals surface area contributed by atoms with E-state index in [9.17, 15) is 15.0 Å². The number of hydrogen-bond acceptors (Lipinski definition) is 9. The van der Waals surface area contributed by atoms with Crippen molar-refractivity contribution in [2.24, 2.45) is 5.41 Å². The number of aliphatic hydroxyl groups is 1. The van der Waals surface area contributed by atoms with Gasteiger partial charge in [-0.2, -0.15) is 5.10 Å². The standard InChI is InChI=1S/C43H48ClN5O6/c1-41(52)25-48(26-41)24-33-36(53-3)20-28(21-37(33)54-4)49-35-11-7-8-29(32(35)22-45-49)30-9-6-10-31(38(30)44)34-13-12-27(39(46-34)55-5)23-47(2)43-17-14-42(15-18-43,16-19-43)40(50)51/h6-13,20-22,52H,14-19,23-26H2,1-5H3,(H,50,51). The van der Waals surface area contributed by atoms with Gasteiger partial charge in [0.2, 0.25) is 5.88 Å². The number of halogens is 1.